The molecule has 0 spiro atoms. The second-order valence-corrected chi connectivity index (χ2v) is 6.05. The Kier molecular flexibility index (Phi) is 4.42. The van der Waals surface area contributed by atoms with Crippen LogP contribution in [0.15, 0.2) is 0 Å². The van der Waals surface area contributed by atoms with Gasteiger partial charge < -0.3 is 10.6 Å². The highest BCUT2D eigenvalue weighted by Gasteiger charge is 2.38. The molecule has 1 saturated carbocycles. The van der Waals surface area contributed by atoms with Gasteiger partial charge in [0.2, 0.25) is 17.7 Å². The van der Waals surface area contributed by atoms with E-state index in [-0.39, 0.29) is 17.9 Å². The van der Waals surface area contributed by atoms with Gasteiger partial charge in [0.25, 0.3) is 0 Å². The zero-order valence-corrected chi connectivity index (χ0v) is 12.0. The first kappa shape index (κ1) is 15.0. The third-order valence-corrected chi connectivity index (χ3v) is 4.62. The van der Waals surface area contributed by atoms with Gasteiger partial charge in [-0.1, -0.05) is 19.3 Å². The van der Waals surface area contributed by atoms with Crippen LogP contribution in [0.3, 0.4) is 0 Å². The predicted molar refractivity (Wildman–Crippen MR) is 73.5 cm³/mol. The normalized spacial score (nSPS) is 26.3. The summed E-state index contributed by atoms with van der Waals surface area (Å²) in [5.41, 5.74) is 5.74. The number of nitrogens with one attached hydrogen (secondary N) is 1. The molecule has 1 aliphatic heterocycles. The summed E-state index contributed by atoms with van der Waals surface area (Å²) in [6, 6.07) is -0.585. The molecule has 0 bridgehead atoms. The zero-order valence-electron chi connectivity index (χ0n) is 12.0. The highest BCUT2D eigenvalue weighted by molar-refractivity contribution is 6.04. The predicted octanol–water partition coefficient (Wildman–Crippen LogP) is 0.159. The molecule has 0 aromatic carbocycles. The van der Waals surface area contributed by atoms with Gasteiger partial charge >= 0.3 is 0 Å². The van der Waals surface area contributed by atoms with E-state index in [2.05, 4.69) is 5.32 Å². The molecule has 1 aliphatic carbocycles. The van der Waals surface area contributed by atoms with Crippen molar-refractivity contribution in [2.75, 3.05) is 13.1 Å². The third kappa shape index (κ3) is 3.00. The first-order valence-electron chi connectivity index (χ1n) is 7.31. The van der Waals surface area contributed by atoms with Crippen LogP contribution in [-0.2, 0) is 14.4 Å². The van der Waals surface area contributed by atoms with E-state index in [0.29, 0.717) is 13.0 Å². The molecule has 3 N–H and O–H groups in total. The van der Waals surface area contributed by atoms with Gasteiger partial charge in [-0.05, 0) is 31.7 Å². The topological polar surface area (TPSA) is 92.5 Å². The lowest BCUT2D eigenvalue weighted by molar-refractivity contribution is -0.150. The number of nitrogens with zero attached hydrogens (tertiary/aromatic N) is 1. The van der Waals surface area contributed by atoms with Gasteiger partial charge in [-0.3, -0.25) is 19.7 Å². The lowest BCUT2D eigenvalue weighted by Crippen LogP contribution is -2.59. The number of nitrogens with two attached hydrogens (primary N) is 1. The Bertz CT molecular complexity index is 416. The van der Waals surface area contributed by atoms with Gasteiger partial charge in [0.15, 0.2) is 0 Å². The number of rotatable bonds is 3. The maximum atomic E-state index is 12.5. The van der Waals surface area contributed by atoms with E-state index in [1.54, 1.807) is 6.92 Å². The van der Waals surface area contributed by atoms with Gasteiger partial charge in [-0.2, -0.15) is 0 Å². The van der Waals surface area contributed by atoms with Gasteiger partial charge in [0.05, 0.1) is 0 Å². The minimum atomic E-state index is -0.585. The lowest BCUT2D eigenvalue weighted by atomic mass is 9.71. The Hall–Kier alpha value is -1.43. The standard InChI is InChI=1S/C14H23N3O3/c1-10-13(20)16-11(18)8-17(10)12(19)7-14(9-15)5-3-2-4-6-14/h10H,2-9,15H2,1H3,(H,16,18,20). The van der Waals surface area contributed by atoms with Crippen LogP contribution < -0.4 is 11.1 Å². The Morgan fingerprint density at radius 2 is 2.00 bits per heavy atom. The number of carbonyl (C=O) groups is 3. The molecule has 6 nitrogen and oxygen atoms in total. The van der Waals surface area contributed by atoms with Crippen LogP contribution in [0.2, 0.25) is 0 Å². The largest absolute Gasteiger partial charge is 0.330 e. The van der Waals surface area contributed by atoms with Crippen LogP contribution in [0.4, 0.5) is 0 Å². The number of piperazine rings is 1. The third-order valence-electron chi connectivity index (χ3n) is 4.62. The molecule has 2 fully saturated rings. The molecule has 0 radical (unpaired) electrons. The summed E-state index contributed by atoms with van der Waals surface area (Å²) in [5.74, 6) is -0.944. The van der Waals surface area contributed by atoms with E-state index in [1.807, 2.05) is 0 Å². The van der Waals surface area contributed by atoms with Gasteiger partial charge in [-0.15, -0.1) is 0 Å². The molecule has 1 unspecified atom stereocenters. The molecule has 112 valence electrons. The summed E-state index contributed by atoms with van der Waals surface area (Å²) >= 11 is 0. The Morgan fingerprint density at radius 1 is 1.35 bits per heavy atom. The first-order valence-corrected chi connectivity index (χ1v) is 7.31. The molecular weight excluding hydrogens is 258 g/mol. The second kappa shape index (κ2) is 5.91. The molecular formula is C14H23N3O3. The zero-order chi connectivity index (χ0) is 14.8. The molecule has 1 heterocycles. The van der Waals surface area contributed by atoms with Crippen molar-refractivity contribution in [2.24, 2.45) is 11.1 Å². The quantitative estimate of drug-likeness (QED) is 0.721. The Labute approximate surface area is 119 Å². The smallest absolute Gasteiger partial charge is 0.249 e. The molecule has 2 rings (SSSR count). The van der Waals surface area contributed by atoms with Crippen molar-refractivity contribution in [1.82, 2.24) is 10.2 Å². The summed E-state index contributed by atoms with van der Waals surface area (Å²) < 4.78 is 0. The van der Waals surface area contributed by atoms with Crippen molar-refractivity contribution in [2.45, 2.75) is 51.5 Å². The van der Waals surface area contributed by atoms with Crippen LogP contribution in [0.1, 0.15) is 45.4 Å². The number of amides is 3. The highest BCUT2D eigenvalue weighted by atomic mass is 16.2. The molecule has 1 atom stereocenters. The summed E-state index contributed by atoms with van der Waals surface area (Å²) in [4.78, 5) is 36.9. The minimum absolute atomic E-state index is 0.0353. The summed E-state index contributed by atoms with van der Waals surface area (Å²) in [6.45, 7) is 2.10. The highest BCUT2D eigenvalue weighted by Crippen LogP contribution is 2.39. The second-order valence-electron chi connectivity index (χ2n) is 6.05. The van der Waals surface area contributed by atoms with E-state index in [9.17, 15) is 14.4 Å². The Morgan fingerprint density at radius 3 is 2.60 bits per heavy atom. The van der Waals surface area contributed by atoms with Gasteiger partial charge in [0, 0.05) is 6.42 Å². The van der Waals surface area contributed by atoms with Crippen molar-refractivity contribution in [3.63, 3.8) is 0 Å². The van der Waals surface area contributed by atoms with Crippen LogP contribution in [0.25, 0.3) is 0 Å². The van der Waals surface area contributed by atoms with Crippen LogP contribution in [-0.4, -0.2) is 41.8 Å². The van der Waals surface area contributed by atoms with Gasteiger partial charge in [-0.25, -0.2) is 0 Å². The molecule has 0 aromatic heterocycles. The van der Waals surface area contributed by atoms with Gasteiger partial charge in [0.1, 0.15) is 12.6 Å². The van der Waals surface area contributed by atoms with E-state index >= 15 is 0 Å². The molecule has 3 amide bonds. The molecule has 20 heavy (non-hydrogen) atoms. The average molecular weight is 281 g/mol. The fourth-order valence-corrected chi connectivity index (χ4v) is 3.20. The monoisotopic (exact) mass is 281 g/mol. The number of carbonyl (C=O) groups excluding carboxylic acids is 3. The molecule has 2 aliphatic rings. The average Bonchev–Trinajstić information content (AvgIpc) is 2.43. The van der Waals surface area contributed by atoms with Crippen LogP contribution in [0.5, 0.6) is 0 Å². The van der Waals surface area contributed by atoms with Crippen LogP contribution >= 0.6 is 0 Å². The van der Waals surface area contributed by atoms with E-state index in [0.717, 1.165) is 25.7 Å². The number of imide groups is 1. The summed E-state index contributed by atoms with van der Waals surface area (Å²) in [7, 11) is 0. The number of hydrogen-bond acceptors (Lipinski definition) is 4. The first-order chi connectivity index (χ1) is 9.47. The van der Waals surface area contributed by atoms with E-state index in [4.69, 9.17) is 5.73 Å². The fourth-order valence-electron chi connectivity index (χ4n) is 3.20. The maximum absolute atomic E-state index is 12.5. The SMILES string of the molecule is CC1C(=O)NC(=O)CN1C(=O)CC1(CN)CCCCC1. The van der Waals surface area contributed by atoms with Crippen molar-refractivity contribution < 1.29 is 14.4 Å². The van der Waals surface area contributed by atoms with Crippen molar-refractivity contribution in [3.8, 4) is 0 Å². The van der Waals surface area contributed by atoms with E-state index in [1.165, 1.54) is 11.3 Å². The Balaban J connectivity index is 2.06. The van der Waals surface area contributed by atoms with Crippen molar-refractivity contribution in [1.29, 1.82) is 0 Å². The minimum Gasteiger partial charge on any atom is -0.330 e. The van der Waals surface area contributed by atoms with Crippen LogP contribution in [0, 0.1) is 5.41 Å². The number of hydrogen-bond donors (Lipinski definition) is 2. The summed E-state index contributed by atoms with van der Waals surface area (Å²) in [6.07, 6.45) is 5.64. The molecule has 0 aromatic rings. The molecule has 1 saturated heterocycles. The van der Waals surface area contributed by atoms with Crippen molar-refractivity contribution >= 4 is 17.7 Å². The van der Waals surface area contributed by atoms with Crippen molar-refractivity contribution in [3.05, 3.63) is 0 Å². The maximum Gasteiger partial charge on any atom is 0.249 e. The summed E-state index contributed by atoms with van der Waals surface area (Å²) in [5, 5.41) is 2.24. The van der Waals surface area contributed by atoms with E-state index < -0.39 is 17.9 Å². The fraction of sp³-hybridized carbons (Fsp3) is 0.786. The lowest BCUT2D eigenvalue weighted by Gasteiger charge is -2.39. The molecule has 6 heteroatoms.